The smallest absolute Gasteiger partial charge is 0.255 e. The number of halogens is 1. The number of hydrogen-bond acceptors (Lipinski definition) is 5. The van der Waals surface area contributed by atoms with Gasteiger partial charge in [-0.15, -0.1) is 0 Å². The predicted octanol–water partition coefficient (Wildman–Crippen LogP) is 5.74. The highest BCUT2D eigenvalue weighted by Crippen LogP contribution is 2.30. The zero-order valence-corrected chi connectivity index (χ0v) is 19.8. The van der Waals surface area contributed by atoms with Crippen molar-refractivity contribution < 1.29 is 9.18 Å². The lowest BCUT2D eigenvalue weighted by Gasteiger charge is -2.17. The summed E-state index contributed by atoms with van der Waals surface area (Å²) in [6, 6.07) is 19.4. The summed E-state index contributed by atoms with van der Waals surface area (Å²) in [5.41, 5.74) is 4.06. The van der Waals surface area contributed by atoms with E-state index in [9.17, 15) is 9.18 Å². The average molecular weight is 463 g/mol. The SMILES string of the molecule is CN(C)CCCN(C)c1nc2ccc(NC(=O)c3ccc(-c4ccc(F)cc4)cc3)cc2s1. The summed E-state index contributed by atoms with van der Waals surface area (Å²) in [5, 5.41) is 3.95. The van der Waals surface area contributed by atoms with Crippen LogP contribution in [-0.4, -0.2) is 50.0 Å². The van der Waals surface area contributed by atoms with Crippen LogP contribution >= 0.6 is 11.3 Å². The second-order valence-electron chi connectivity index (χ2n) is 8.30. The van der Waals surface area contributed by atoms with Gasteiger partial charge in [-0.2, -0.15) is 0 Å². The minimum Gasteiger partial charge on any atom is -0.351 e. The third kappa shape index (κ3) is 5.74. The van der Waals surface area contributed by atoms with Crippen LogP contribution in [0.1, 0.15) is 16.8 Å². The van der Waals surface area contributed by atoms with E-state index in [1.807, 2.05) is 30.3 Å². The van der Waals surface area contributed by atoms with Gasteiger partial charge in [0.05, 0.1) is 10.2 Å². The Kier molecular flexibility index (Phi) is 7.01. The number of benzene rings is 3. The summed E-state index contributed by atoms with van der Waals surface area (Å²) < 4.78 is 14.2. The fraction of sp³-hybridized carbons (Fsp3) is 0.231. The first kappa shape index (κ1) is 22.9. The second kappa shape index (κ2) is 10.1. The number of thiazole rings is 1. The summed E-state index contributed by atoms with van der Waals surface area (Å²) in [6.07, 6.45) is 1.07. The molecule has 7 heteroatoms. The summed E-state index contributed by atoms with van der Waals surface area (Å²) in [4.78, 5) is 21.8. The van der Waals surface area contributed by atoms with Crippen LogP contribution in [0.4, 0.5) is 15.2 Å². The molecule has 0 spiro atoms. The molecule has 0 unspecified atom stereocenters. The van der Waals surface area contributed by atoms with Crippen LogP contribution in [0.3, 0.4) is 0 Å². The van der Waals surface area contributed by atoms with Gasteiger partial charge in [0.15, 0.2) is 5.13 Å². The van der Waals surface area contributed by atoms with Crippen molar-refractivity contribution in [3.05, 3.63) is 78.1 Å². The highest BCUT2D eigenvalue weighted by atomic mass is 32.1. The van der Waals surface area contributed by atoms with E-state index < -0.39 is 0 Å². The van der Waals surface area contributed by atoms with E-state index in [2.05, 4.69) is 36.3 Å². The third-order valence-corrected chi connectivity index (χ3v) is 6.52. The van der Waals surface area contributed by atoms with Gasteiger partial charge in [0.25, 0.3) is 5.91 Å². The number of aromatic nitrogens is 1. The van der Waals surface area contributed by atoms with Crippen molar-refractivity contribution in [2.45, 2.75) is 6.42 Å². The Hall–Kier alpha value is -3.29. The minimum absolute atomic E-state index is 0.175. The summed E-state index contributed by atoms with van der Waals surface area (Å²) in [7, 11) is 6.21. The number of nitrogens with one attached hydrogen (secondary N) is 1. The van der Waals surface area contributed by atoms with Gasteiger partial charge in [0.2, 0.25) is 0 Å². The van der Waals surface area contributed by atoms with Crippen LogP contribution in [-0.2, 0) is 0 Å². The molecule has 3 aromatic carbocycles. The van der Waals surface area contributed by atoms with Gasteiger partial charge in [-0.25, -0.2) is 9.37 Å². The number of anilines is 2. The van der Waals surface area contributed by atoms with Gasteiger partial charge < -0.3 is 15.1 Å². The van der Waals surface area contributed by atoms with Crippen LogP contribution < -0.4 is 10.2 Å². The number of rotatable bonds is 8. The lowest BCUT2D eigenvalue weighted by atomic mass is 10.0. The molecule has 0 saturated carbocycles. The Morgan fingerprint density at radius 2 is 1.61 bits per heavy atom. The standard InChI is InChI=1S/C26H27FN4OS/c1-30(2)15-4-16-31(3)26-29-23-14-13-22(17-24(23)33-26)28-25(32)20-7-5-18(6-8-20)19-9-11-21(27)12-10-19/h5-14,17H,4,15-16H2,1-3H3,(H,28,32). The van der Waals surface area contributed by atoms with Crippen molar-refractivity contribution in [1.82, 2.24) is 9.88 Å². The van der Waals surface area contributed by atoms with E-state index in [0.717, 1.165) is 51.7 Å². The molecule has 170 valence electrons. The van der Waals surface area contributed by atoms with Crippen LogP contribution in [0.15, 0.2) is 66.7 Å². The maximum atomic E-state index is 13.1. The van der Waals surface area contributed by atoms with E-state index in [4.69, 9.17) is 4.98 Å². The van der Waals surface area contributed by atoms with Crippen molar-refractivity contribution in [3.63, 3.8) is 0 Å². The van der Waals surface area contributed by atoms with Crippen LogP contribution in [0, 0.1) is 5.82 Å². The van der Waals surface area contributed by atoms with E-state index in [-0.39, 0.29) is 11.7 Å². The fourth-order valence-corrected chi connectivity index (χ4v) is 4.52. The quantitative estimate of drug-likeness (QED) is 0.363. The first-order chi connectivity index (χ1) is 15.9. The normalized spacial score (nSPS) is 11.2. The second-order valence-corrected chi connectivity index (χ2v) is 9.30. The molecule has 0 saturated heterocycles. The monoisotopic (exact) mass is 462 g/mol. The van der Waals surface area contributed by atoms with E-state index in [1.165, 1.54) is 12.1 Å². The van der Waals surface area contributed by atoms with Gasteiger partial charge in [-0.3, -0.25) is 4.79 Å². The summed E-state index contributed by atoms with van der Waals surface area (Å²) in [6.45, 7) is 1.98. The molecular formula is C26H27FN4OS. The maximum absolute atomic E-state index is 13.1. The van der Waals surface area contributed by atoms with Gasteiger partial charge in [-0.05, 0) is 80.7 Å². The molecule has 0 aliphatic carbocycles. The molecule has 0 aliphatic heterocycles. The Labute approximate surface area is 197 Å². The third-order valence-electron chi connectivity index (χ3n) is 5.39. The average Bonchev–Trinajstić information content (AvgIpc) is 3.23. The molecule has 0 atom stereocenters. The summed E-state index contributed by atoms with van der Waals surface area (Å²) in [5.74, 6) is -0.443. The molecule has 4 aromatic rings. The number of hydrogen-bond donors (Lipinski definition) is 1. The van der Waals surface area contributed by atoms with Crippen LogP contribution in [0.25, 0.3) is 21.3 Å². The molecule has 4 rings (SSSR count). The first-order valence-electron chi connectivity index (χ1n) is 10.8. The molecule has 33 heavy (non-hydrogen) atoms. The lowest BCUT2D eigenvalue weighted by Crippen LogP contribution is -2.23. The largest absolute Gasteiger partial charge is 0.351 e. The Bertz CT molecular complexity index is 1240. The Balaban J connectivity index is 1.42. The van der Waals surface area contributed by atoms with Gasteiger partial charge in [0.1, 0.15) is 5.82 Å². The van der Waals surface area contributed by atoms with Crippen molar-refractivity contribution >= 4 is 38.3 Å². The van der Waals surface area contributed by atoms with E-state index >= 15 is 0 Å². The highest BCUT2D eigenvalue weighted by molar-refractivity contribution is 7.22. The minimum atomic E-state index is -0.268. The maximum Gasteiger partial charge on any atom is 0.255 e. The van der Waals surface area contributed by atoms with Crippen LogP contribution in [0.5, 0.6) is 0 Å². The first-order valence-corrected chi connectivity index (χ1v) is 11.6. The fourth-order valence-electron chi connectivity index (χ4n) is 3.53. The van der Waals surface area contributed by atoms with Crippen molar-refractivity contribution in [3.8, 4) is 11.1 Å². The number of fused-ring (bicyclic) bond motifs is 1. The molecule has 1 aromatic heterocycles. The van der Waals surface area contributed by atoms with Gasteiger partial charge >= 0.3 is 0 Å². The predicted molar refractivity (Wildman–Crippen MR) is 136 cm³/mol. The number of amides is 1. The zero-order valence-electron chi connectivity index (χ0n) is 19.0. The molecular weight excluding hydrogens is 435 g/mol. The molecule has 0 radical (unpaired) electrons. The van der Waals surface area contributed by atoms with Crippen molar-refractivity contribution in [1.29, 1.82) is 0 Å². The Morgan fingerprint density at radius 1 is 0.939 bits per heavy atom. The zero-order chi connectivity index (χ0) is 23.4. The molecule has 0 aliphatic rings. The Morgan fingerprint density at radius 3 is 2.27 bits per heavy atom. The summed E-state index contributed by atoms with van der Waals surface area (Å²) >= 11 is 1.63. The van der Waals surface area contributed by atoms with Gasteiger partial charge in [0, 0.05) is 24.8 Å². The highest BCUT2D eigenvalue weighted by Gasteiger charge is 2.11. The van der Waals surface area contributed by atoms with Crippen molar-refractivity contribution in [2.75, 3.05) is 44.4 Å². The topological polar surface area (TPSA) is 48.5 Å². The molecule has 1 amide bonds. The van der Waals surface area contributed by atoms with Crippen LogP contribution in [0.2, 0.25) is 0 Å². The molecule has 1 heterocycles. The molecule has 5 nitrogen and oxygen atoms in total. The van der Waals surface area contributed by atoms with E-state index in [1.54, 1.807) is 35.6 Å². The molecule has 0 bridgehead atoms. The number of carbonyl (C=O) groups is 1. The molecule has 0 fully saturated rings. The number of carbonyl (C=O) groups excluding carboxylic acids is 1. The van der Waals surface area contributed by atoms with Crippen molar-refractivity contribution in [2.24, 2.45) is 0 Å². The van der Waals surface area contributed by atoms with Gasteiger partial charge in [-0.1, -0.05) is 35.6 Å². The number of nitrogens with zero attached hydrogens (tertiary/aromatic N) is 3. The molecule has 1 N–H and O–H groups in total. The lowest BCUT2D eigenvalue weighted by molar-refractivity contribution is 0.102. The van der Waals surface area contributed by atoms with E-state index in [0.29, 0.717) is 5.56 Å².